The van der Waals surface area contributed by atoms with Gasteiger partial charge in [0, 0.05) is 12.2 Å². The molecule has 1 fully saturated rings. The first-order valence-corrected chi connectivity index (χ1v) is 11.2. The molecule has 1 N–H and O–H groups in total. The number of alkyl halides is 3. The number of nitrogens with zero attached hydrogens (tertiary/aromatic N) is 2. The Morgan fingerprint density at radius 3 is 2.59 bits per heavy atom. The molecule has 1 unspecified atom stereocenters. The highest BCUT2D eigenvalue weighted by molar-refractivity contribution is 8.05. The Bertz CT molecular complexity index is 1210. The van der Waals surface area contributed by atoms with Gasteiger partial charge in [0.15, 0.2) is 0 Å². The van der Waals surface area contributed by atoms with Crippen LogP contribution in [0.1, 0.15) is 22.3 Å². The van der Waals surface area contributed by atoms with E-state index in [2.05, 4.69) is 11.9 Å². The number of benzene rings is 2. The highest BCUT2D eigenvalue weighted by atomic mass is 32.2. The Hall–Kier alpha value is -3.51. The molecule has 0 saturated carbocycles. The molecule has 0 spiro atoms. The van der Waals surface area contributed by atoms with Crippen molar-refractivity contribution in [3.63, 3.8) is 0 Å². The predicted molar refractivity (Wildman–Crippen MR) is 126 cm³/mol. The van der Waals surface area contributed by atoms with Crippen molar-refractivity contribution >= 4 is 29.3 Å². The fourth-order valence-corrected chi connectivity index (χ4v) is 4.74. The number of aryl methyl sites for hydroxylation is 2. The Kier molecular flexibility index (Phi) is 7.52. The van der Waals surface area contributed by atoms with Gasteiger partial charge in [-0.15, -0.1) is 6.58 Å². The lowest BCUT2D eigenvalue weighted by molar-refractivity contribution is -0.137. The zero-order valence-corrected chi connectivity index (χ0v) is 19.4. The zero-order valence-electron chi connectivity index (χ0n) is 18.6. The van der Waals surface area contributed by atoms with E-state index in [4.69, 9.17) is 0 Å². The largest absolute Gasteiger partial charge is 0.416 e. The number of amides is 2. The molecule has 3 rings (SSSR count). The second-order valence-electron chi connectivity index (χ2n) is 7.74. The average Bonchev–Trinajstić information content (AvgIpc) is 3.10. The lowest BCUT2D eigenvalue weighted by atomic mass is 10.0. The Balaban J connectivity index is 2.05. The van der Waals surface area contributed by atoms with E-state index in [9.17, 15) is 28.0 Å². The number of halogens is 3. The maximum atomic E-state index is 13.4. The van der Waals surface area contributed by atoms with E-state index in [1.807, 2.05) is 26.0 Å². The van der Waals surface area contributed by atoms with Gasteiger partial charge in [0.1, 0.15) is 16.7 Å². The van der Waals surface area contributed by atoms with Gasteiger partial charge in [0.25, 0.3) is 5.91 Å². The van der Waals surface area contributed by atoms with Gasteiger partial charge in [-0.25, -0.2) is 0 Å². The van der Waals surface area contributed by atoms with Crippen molar-refractivity contribution in [2.75, 3.05) is 11.4 Å². The highest BCUT2D eigenvalue weighted by Gasteiger charge is 2.41. The molecule has 2 aromatic rings. The van der Waals surface area contributed by atoms with Crippen LogP contribution in [0.4, 0.5) is 18.9 Å². The third kappa shape index (κ3) is 5.34. The van der Waals surface area contributed by atoms with Crippen LogP contribution in [0.25, 0.3) is 0 Å². The van der Waals surface area contributed by atoms with Gasteiger partial charge < -0.3 is 5.32 Å². The van der Waals surface area contributed by atoms with E-state index in [-0.39, 0.29) is 23.6 Å². The maximum absolute atomic E-state index is 13.4. The van der Waals surface area contributed by atoms with Gasteiger partial charge in [0.05, 0.1) is 10.8 Å². The summed E-state index contributed by atoms with van der Waals surface area (Å²) in [7, 11) is 0. The van der Waals surface area contributed by atoms with Crippen LogP contribution >= 0.6 is 11.8 Å². The number of nitriles is 1. The Morgan fingerprint density at radius 2 is 1.97 bits per heavy atom. The van der Waals surface area contributed by atoms with Gasteiger partial charge in [-0.3, -0.25) is 14.5 Å². The zero-order chi connectivity index (χ0) is 25.0. The molecule has 34 heavy (non-hydrogen) atoms. The number of carbonyl (C=O) groups is 2. The Labute approximate surface area is 199 Å². The van der Waals surface area contributed by atoms with E-state index in [1.165, 1.54) is 23.1 Å². The molecule has 9 heteroatoms. The van der Waals surface area contributed by atoms with Gasteiger partial charge >= 0.3 is 6.18 Å². The molecule has 5 nitrogen and oxygen atoms in total. The first-order valence-electron chi connectivity index (χ1n) is 10.3. The number of nitrogens with one attached hydrogen (secondary N) is 1. The van der Waals surface area contributed by atoms with Crippen molar-refractivity contribution in [3.05, 3.63) is 88.0 Å². The number of rotatable bonds is 6. The SMILES string of the molecule is C=CCNC(=O)/C(C#N)=C1\SC(Cc2cccc(C(F)(F)F)c2)C(=O)N1c1ccc(C)c(C)c1. The third-order valence-electron chi connectivity index (χ3n) is 5.34. The van der Waals surface area contributed by atoms with Crippen molar-refractivity contribution in [2.24, 2.45) is 0 Å². The van der Waals surface area contributed by atoms with Crippen molar-refractivity contribution in [2.45, 2.75) is 31.7 Å². The van der Waals surface area contributed by atoms with Crippen molar-refractivity contribution in [1.29, 1.82) is 5.26 Å². The summed E-state index contributed by atoms with van der Waals surface area (Å²) >= 11 is 1.00. The summed E-state index contributed by atoms with van der Waals surface area (Å²) in [6.45, 7) is 7.45. The molecular weight excluding hydrogens is 463 g/mol. The lowest BCUT2D eigenvalue weighted by Gasteiger charge is -2.20. The second-order valence-corrected chi connectivity index (χ2v) is 8.93. The summed E-state index contributed by atoms with van der Waals surface area (Å²) in [5.74, 6) is -1.07. The normalized spacial score (nSPS) is 17.4. The molecule has 1 saturated heterocycles. The smallest absolute Gasteiger partial charge is 0.348 e. The molecule has 0 bridgehead atoms. The minimum atomic E-state index is -4.50. The van der Waals surface area contributed by atoms with Gasteiger partial charge in [-0.2, -0.15) is 18.4 Å². The van der Waals surface area contributed by atoms with Crippen molar-refractivity contribution < 1.29 is 22.8 Å². The van der Waals surface area contributed by atoms with Crippen LogP contribution in [0.15, 0.2) is 65.7 Å². The first kappa shape index (κ1) is 25.1. The number of anilines is 1. The molecule has 1 heterocycles. The number of hydrogen-bond acceptors (Lipinski definition) is 4. The molecule has 1 aliphatic rings. The van der Waals surface area contributed by atoms with Crippen LogP contribution in [0, 0.1) is 25.2 Å². The van der Waals surface area contributed by atoms with Crippen LogP contribution in [0.3, 0.4) is 0 Å². The summed E-state index contributed by atoms with van der Waals surface area (Å²) < 4.78 is 39.4. The summed E-state index contributed by atoms with van der Waals surface area (Å²) in [5.41, 5.74) is 1.67. The monoisotopic (exact) mass is 485 g/mol. The van der Waals surface area contributed by atoms with Gasteiger partial charge in [0.2, 0.25) is 5.91 Å². The number of carbonyl (C=O) groups excluding carboxylic acids is 2. The first-order chi connectivity index (χ1) is 16.1. The van der Waals surface area contributed by atoms with E-state index < -0.39 is 28.8 Å². The minimum absolute atomic E-state index is 0.00521. The lowest BCUT2D eigenvalue weighted by Crippen LogP contribution is -2.32. The van der Waals surface area contributed by atoms with E-state index in [1.54, 1.807) is 12.1 Å². The molecular formula is C25H22F3N3O2S. The standard InChI is InChI=1S/C25H22F3N3O2S/c1-4-10-30-22(32)20(14-29)24-31(19-9-8-15(2)16(3)11-19)23(33)21(34-24)13-17-6-5-7-18(12-17)25(26,27)28/h4-9,11-12,21H,1,10,13H2,2-3H3,(H,30,32)/b24-20-. The fraction of sp³-hybridized carbons (Fsp3) is 0.240. The van der Waals surface area contributed by atoms with Crippen LogP contribution in [0.2, 0.25) is 0 Å². The van der Waals surface area contributed by atoms with Crippen molar-refractivity contribution in [3.8, 4) is 6.07 Å². The molecule has 0 aromatic heterocycles. The second kappa shape index (κ2) is 10.2. The van der Waals surface area contributed by atoms with Gasteiger partial charge in [-0.1, -0.05) is 42.1 Å². The van der Waals surface area contributed by atoms with Crippen LogP contribution in [0.5, 0.6) is 0 Å². The minimum Gasteiger partial charge on any atom is -0.348 e. The van der Waals surface area contributed by atoms with Crippen LogP contribution in [-0.4, -0.2) is 23.6 Å². The Morgan fingerprint density at radius 1 is 1.24 bits per heavy atom. The molecule has 176 valence electrons. The van der Waals surface area contributed by atoms with E-state index >= 15 is 0 Å². The quantitative estimate of drug-likeness (QED) is 0.353. The van der Waals surface area contributed by atoms with Crippen LogP contribution < -0.4 is 10.2 Å². The number of hydrogen-bond donors (Lipinski definition) is 1. The average molecular weight is 486 g/mol. The third-order valence-corrected chi connectivity index (χ3v) is 6.60. The van der Waals surface area contributed by atoms with Crippen molar-refractivity contribution in [1.82, 2.24) is 5.32 Å². The molecule has 2 amide bonds. The summed E-state index contributed by atoms with van der Waals surface area (Å²) in [4.78, 5) is 27.4. The molecule has 1 aliphatic heterocycles. The van der Waals surface area contributed by atoms with E-state index in [0.29, 0.717) is 11.3 Å². The number of thioether (sulfide) groups is 1. The van der Waals surface area contributed by atoms with E-state index in [0.717, 1.165) is 35.0 Å². The van der Waals surface area contributed by atoms with Crippen LogP contribution in [-0.2, 0) is 22.2 Å². The molecule has 0 radical (unpaired) electrons. The maximum Gasteiger partial charge on any atom is 0.416 e. The highest BCUT2D eigenvalue weighted by Crippen LogP contribution is 2.42. The van der Waals surface area contributed by atoms with Gasteiger partial charge in [-0.05, 0) is 55.2 Å². The fourth-order valence-electron chi connectivity index (χ4n) is 3.43. The topological polar surface area (TPSA) is 73.2 Å². The predicted octanol–water partition coefficient (Wildman–Crippen LogP) is 5.05. The summed E-state index contributed by atoms with van der Waals surface area (Å²) in [6.07, 6.45) is -3.04. The molecule has 2 aromatic carbocycles. The molecule has 1 atom stereocenters. The molecule has 0 aliphatic carbocycles. The summed E-state index contributed by atoms with van der Waals surface area (Å²) in [5, 5.41) is 11.6. The summed E-state index contributed by atoms with van der Waals surface area (Å²) in [6, 6.07) is 12.0.